The van der Waals surface area contributed by atoms with Gasteiger partial charge in [0, 0.05) is 37.6 Å². The van der Waals surface area contributed by atoms with Crippen LogP contribution in [0.5, 0.6) is 5.88 Å². The topological polar surface area (TPSA) is 127 Å². The molecule has 3 heterocycles. The first kappa shape index (κ1) is 28.0. The number of fused-ring (bicyclic) bond motifs is 1. The van der Waals surface area contributed by atoms with Crippen molar-refractivity contribution >= 4 is 15.9 Å². The van der Waals surface area contributed by atoms with Crippen molar-refractivity contribution < 1.29 is 32.6 Å². The molecule has 1 unspecified atom stereocenters. The molecule has 1 amide bonds. The molecule has 3 fully saturated rings. The second-order valence-electron chi connectivity index (χ2n) is 11.1. The molecule has 10 nitrogen and oxygen atoms in total. The van der Waals surface area contributed by atoms with E-state index in [1.165, 1.54) is 4.31 Å². The predicted octanol–water partition coefficient (Wildman–Crippen LogP) is 3.52. The number of piperidine rings is 1. The number of rotatable bonds is 7. The molecule has 2 N–H and O–H groups in total. The molecule has 5 rings (SSSR count). The van der Waals surface area contributed by atoms with Crippen LogP contribution in [0.1, 0.15) is 63.5 Å². The molecule has 0 bridgehead atoms. The molecule has 1 aliphatic carbocycles. The monoisotopic (exact) mass is 559 g/mol. The first-order chi connectivity index (χ1) is 18.5. The molecule has 2 aromatic rings. The van der Waals surface area contributed by atoms with E-state index in [1.54, 1.807) is 19.3 Å². The van der Waals surface area contributed by atoms with E-state index in [1.807, 2.05) is 32.0 Å². The van der Waals surface area contributed by atoms with Gasteiger partial charge in [0.05, 0.1) is 24.5 Å². The molecule has 0 radical (unpaired) electrons. The van der Waals surface area contributed by atoms with E-state index >= 15 is 0 Å². The zero-order chi connectivity index (χ0) is 28.0. The van der Waals surface area contributed by atoms with Crippen LogP contribution in [0, 0.1) is 6.92 Å². The standard InChI is InChI=1S/C28H37N3O7S/c1-5-36-25-8-6-7-22(29-25)21-10-9-20(15-18(21)2)19-11-13-31(14-12-19)39(34,35)28(26(32)30-33)16-23-24(17-28)38-27(3,4)37-23/h6-10,15,19,23-24,33H,5,11-14,16-17H2,1-4H3,(H,30,32)/t23-,24+,28?. The zero-order valence-electron chi connectivity index (χ0n) is 22.8. The Balaban J connectivity index is 1.30. The third kappa shape index (κ3) is 5.06. The van der Waals surface area contributed by atoms with Gasteiger partial charge in [-0.05, 0) is 63.6 Å². The molecule has 1 aromatic heterocycles. The van der Waals surface area contributed by atoms with Crippen LogP contribution in [0.4, 0.5) is 0 Å². The molecular weight excluding hydrogens is 522 g/mol. The van der Waals surface area contributed by atoms with Crippen LogP contribution in [0.25, 0.3) is 11.3 Å². The van der Waals surface area contributed by atoms with Crippen LogP contribution >= 0.6 is 0 Å². The third-order valence-electron chi connectivity index (χ3n) is 8.16. The van der Waals surface area contributed by atoms with Crippen molar-refractivity contribution in [3.05, 3.63) is 47.5 Å². The number of carbonyl (C=O) groups is 1. The maximum atomic E-state index is 13.9. The van der Waals surface area contributed by atoms with Crippen molar-refractivity contribution in [2.24, 2.45) is 0 Å². The molecule has 11 heteroatoms. The Morgan fingerprint density at radius 2 is 1.82 bits per heavy atom. The summed E-state index contributed by atoms with van der Waals surface area (Å²) >= 11 is 0. The maximum Gasteiger partial charge on any atom is 0.266 e. The highest BCUT2D eigenvalue weighted by atomic mass is 32.2. The number of pyridine rings is 1. The summed E-state index contributed by atoms with van der Waals surface area (Å²) in [6.07, 6.45) is 0.0633. The summed E-state index contributed by atoms with van der Waals surface area (Å²) < 4.78 is 44.7. The summed E-state index contributed by atoms with van der Waals surface area (Å²) in [7, 11) is -4.10. The fourth-order valence-corrected chi connectivity index (χ4v) is 8.52. The van der Waals surface area contributed by atoms with Gasteiger partial charge < -0.3 is 14.2 Å². The van der Waals surface area contributed by atoms with Crippen molar-refractivity contribution in [2.75, 3.05) is 19.7 Å². The van der Waals surface area contributed by atoms with Gasteiger partial charge in [0.25, 0.3) is 5.91 Å². The van der Waals surface area contributed by atoms with E-state index in [0.29, 0.717) is 25.3 Å². The van der Waals surface area contributed by atoms with E-state index in [9.17, 15) is 18.4 Å². The molecule has 2 saturated heterocycles. The Bertz CT molecular complexity index is 1320. The van der Waals surface area contributed by atoms with Crippen molar-refractivity contribution in [2.45, 2.75) is 82.0 Å². The number of benzene rings is 1. The fraction of sp³-hybridized carbons (Fsp3) is 0.571. The lowest BCUT2D eigenvalue weighted by molar-refractivity contribution is -0.157. The van der Waals surface area contributed by atoms with E-state index in [0.717, 1.165) is 22.4 Å². The summed E-state index contributed by atoms with van der Waals surface area (Å²) in [6.45, 7) is 8.63. The van der Waals surface area contributed by atoms with Gasteiger partial charge in [0.2, 0.25) is 15.9 Å². The smallest absolute Gasteiger partial charge is 0.266 e. The Morgan fingerprint density at radius 1 is 1.15 bits per heavy atom. The van der Waals surface area contributed by atoms with Crippen molar-refractivity contribution in [1.29, 1.82) is 0 Å². The lowest BCUT2D eigenvalue weighted by atomic mass is 9.88. The highest BCUT2D eigenvalue weighted by molar-refractivity contribution is 7.91. The Kier molecular flexibility index (Phi) is 7.49. The minimum Gasteiger partial charge on any atom is -0.478 e. The first-order valence-corrected chi connectivity index (χ1v) is 14.9. The number of hydroxylamine groups is 1. The summed E-state index contributed by atoms with van der Waals surface area (Å²) in [5.74, 6) is -0.996. The Hall–Kier alpha value is -2.57. The lowest BCUT2D eigenvalue weighted by Gasteiger charge is -2.38. The number of carbonyl (C=O) groups excluding carboxylic acids is 1. The number of ether oxygens (including phenoxy) is 3. The van der Waals surface area contributed by atoms with E-state index in [2.05, 4.69) is 23.2 Å². The van der Waals surface area contributed by atoms with Gasteiger partial charge >= 0.3 is 0 Å². The highest BCUT2D eigenvalue weighted by Gasteiger charge is 2.64. The number of hydrogen-bond donors (Lipinski definition) is 2. The molecule has 2 aliphatic heterocycles. The SMILES string of the molecule is CCOc1cccc(-c2ccc(C3CCN(S(=O)(=O)C4(C(=O)NO)C[C@@H]5OC(C)(C)O[C@@H]5C4)CC3)cc2C)n1. The normalized spacial score (nSPS) is 27.3. The summed E-state index contributed by atoms with van der Waals surface area (Å²) in [6, 6.07) is 12.0. The largest absolute Gasteiger partial charge is 0.478 e. The Labute approximate surface area is 229 Å². The first-order valence-electron chi connectivity index (χ1n) is 13.5. The number of hydrogen-bond acceptors (Lipinski definition) is 8. The Morgan fingerprint density at radius 3 is 2.41 bits per heavy atom. The quantitative estimate of drug-likeness (QED) is 0.390. The van der Waals surface area contributed by atoms with Crippen LogP contribution in [-0.4, -0.2) is 71.3 Å². The van der Waals surface area contributed by atoms with Gasteiger partial charge in [-0.1, -0.05) is 24.3 Å². The minimum absolute atomic E-state index is 0.0606. The predicted molar refractivity (Wildman–Crippen MR) is 144 cm³/mol. The van der Waals surface area contributed by atoms with Crippen molar-refractivity contribution in [3.8, 4) is 17.1 Å². The number of nitrogens with zero attached hydrogens (tertiary/aromatic N) is 2. The van der Waals surface area contributed by atoms with Crippen molar-refractivity contribution in [1.82, 2.24) is 14.8 Å². The molecular formula is C28H37N3O7S. The second kappa shape index (κ2) is 10.4. The highest BCUT2D eigenvalue weighted by Crippen LogP contribution is 2.48. The van der Waals surface area contributed by atoms with Gasteiger partial charge in [0.1, 0.15) is 0 Å². The van der Waals surface area contributed by atoms with Crippen molar-refractivity contribution in [3.63, 3.8) is 0 Å². The molecule has 39 heavy (non-hydrogen) atoms. The molecule has 0 spiro atoms. The van der Waals surface area contributed by atoms with Crippen LogP contribution in [0.2, 0.25) is 0 Å². The van der Waals surface area contributed by atoms with Crippen LogP contribution in [0.3, 0.4) is 0 Å². The van der Waals surface area contributed by atoms with Crippen LogP contribution < -0.4 is 10.2 Å². The number of sulfonamides is 1. The van der Waals surface area contributed by atoms with Crippen LogP contribution in [-0.2, 0) is 24.3 Å². The fourth-order valence-electron chi connectivity index (χ4n) is 6.30. The average Bonchev–Trinajstić information content (AvgIpc) is 3.40. The molecule has 1 saturated carbocycles. The summed E-state index contributed by atoms with van der Waals surface area (Å²) in [5, 5.41) is 9.48. The van der Waals surface area contributed by atoms with E-state index < -0.39 is 38.7 Å². The lowest BCUT2D eigenvalue weighted by Crippen LogP contribution is -2.57. The zero-order valence-corrected chi connectivity index (χ0v) is 23.7. The van der Waals surface area contributed by atoms with E-state index in [-0.39, 0.29) is 31.8 Å². The summed E-state index contributed by atoms with van der Waals surface area (Å²) in [4.78, 5) is 17.5. The molecule has 3 atom stereocenters. The van der Waals surface area contributed by atoms with Gasteiger partial charge in [0.15, 0.2) is 10.5 Å². The van der Waals surface area contributed by atoms with Gasteiger partial charge in [-0.2, -0.15) is 0 Å². The summed E-state index contributed by atoms with van der Waals surface area (Å²) in [5.41, 5.74) is 5.71. The number of aryl methyl sites for hydroxylation is 1. The number of nitrogens with one attached hydrogen (secondary N) is 1. The van der Waals surface area contributed by atoms with Crippen LogP contribution in [0.15, 0.2) is 36.4 Å². The molecule has 212 valence electrons. The number of aromatic nitrogens is 1. The third-order valence-corrected chi connectivity index (χ3v) is 10.7. The maximum absolute atomic E-state index is 13.9. The minimum atomic E-state index is -4.10. The van der Waals surface area contributed by atoms with Gasteiger partial charge in [-0.3, -0.25) is 10.0 Å². The number of amides is 1. The van der Waals surface area contributed by atoms with E-state index in [4.69, 9.17) is 14.2 Å². The average molecular weight is 560 g/mol. The molecule has 1 aromatic carbocycles. The second-order valence-corrected chi connectivity index (χ2v) is 13.4. The van der Waals surface area contributed by atoms with Gasteiger partial charge in [-0.25, -0.2) is 23.2 Å². The molecule has 3 aliphatic rings. The van der Waals surface area contributed by atoms with Gasteiger partial charge in [-0.15, -0.1) is 0 Å².